The average molecular weight is 312 g/mol. The summed E-state index contributed by atoms with van der Waals surface area (Å²) in [6.45, 7) is 2.36. The number of aromatic nitrogens is 2. The molecule has 0 saturated heterocycles. The van der Waals surface area contributed by atoms with Crippen LogP contribution in [0.15, 0.2) is 59.8 Å². The highest BCUT2D eigenvalue weighted by Gasteiger charge is 2.18. The first kappa shape index (κ1) is 14.7. The number of carboxylic acid groups (broad SMARTS) is 1. The second-order valence-electron chi connectivity index (χ2n) is 5.05. The summed E-state index contributed by atoms with van der Waals surface area (Å²) < 4.78 is 2.08. The van der Waals surface area contributed by atoms with Gasteiger partial charge in [0.05, 0.1) is 17.6 Å². The Morgan fingerprint density at radius 3 is 2.59 bits per heavy atom. The molecule has 0 unspecified atom stereocenters. The third-order valence-corrected chi connectivity index (χ3v) is 4.51. The molecular formula is C17H16N2O2S. The van der Waals surface area contributed by atoms with E-state index in [1.54, 1.807) is 6.92 Å². The van der Waals surface area contributed by atoms with E-state index in [4.69, 9.17) is 5.11 Å². The van der Waals surface area contributed by atoms with Crippen LogP contribution in [0.2, 0.25) is 0 Å². The molecule has 0 aliphatic heterocycles. The van der Waals surface area contributed by atoms with Crippen molar-refractivity contribution in [2.24, 2.45) is 0 Å². The molecule has 4 nitrogen and oxygen atoms in total. The van der Waals surface area contributed by atoms with Crippen LogP contribution >= 0.6 is 11.8 Å². The first-order valence-corrected chi connectivity index (χ1v) is 7.92. The van der Waals surface area contributed by atoms with Crippen LogP contribution in [0.3, 0.4) is 0 Å². The van der Waals surface area contributed by atoms with Gasteiger partial charge >= 0.3 is 5.97 Å². The molecule has 1 heterocycles. The van der Waals surface area contributed by atoms with Crippen molar-refractivity contribution in [2.45, 2.75) is 23.9 Å². The van der Waals surface area contributed by atoms with Gasteiger partial charge in [-0.1, -0.05) is 54.2 Å². The zero-order chi connectivity index (χ0) is 15.5. The summed E-state index contributed by atoms with van der Waals surface area (Å²) in [4.78, 5) is 15.7. The molecule has 3 rings (SSSR count). The minimum Gasteiger partial charge on any atom is -0.480 e. The second-order valence-corrected chi connectivity index (χ2v) is 6.36. The van der Waals surface area contributed by atoms with E-state index in [0.717, 1.165) is 21.8 Å². The molecule has 0 spiro atoms. The Kier molecular flexibility index (Phi) is 4.15. The van der Waals surface area contributed by atoms with Crippen LogP contribution in [-0.4, -0.2) is 25.9 Å². The van der Waals surface area contributed by atoms with Crippen molar-refractivity contribution >= 4 is 28.8 Å². The van der Waals surface area contributed by atoms with Crippen molar-refractivity contribution in [1.82, 2.24) is 9.55 Å². The molecule has 1 aromatic heterocycles. The smallest absolute Gasteiger partial charge is 0.316 e. The Morgan fingerprint density at radius 2 is 1.86 bits per heavy atom. The molecule has 0 bridgehead atoms. The quantitative estimate of drug-likeness (QED) is 0.731. The largest absolute Gasteiger partial charge is 0.480 e. The number of nitrogens with zero attached hydrogens (tertiary/aromatic N) is 2. The zero-order valence-electron chi connectivity index (χ0n) is 12.1. The highest BCUT2D eigenvalue weighted by molar-refractivity contribution is 8.00. The van der Waals surface area contributed by atoms with E-state index in [9.17, 15) is 4.79 Å². The van der Waals surface area contributed by atoms with Gasteiger partial charge in [-0.05, 0) is 24.6 Å². The zero-order valence-corrected chi connectivity index (χ0v) is 13.0. The molecular weight excluding hydrogens is 296 g/mol. The summed E-state index contributed by atoms with van der Waals surface area (Å²) in [6, 6.07) is 18.0. The number of carboxylic acids is 1. The maximum absolute atomic E-state index is 11.1. The van der Waals surface area contributed by atoms with Crippen molar-refractivity contribution in [3.8, 4) is 0 Å². The molecule has 1 N–H and O–H groups in total. The molecule has 0 radical (unpaired) electrons. The normalized spacial score (nSPS) is 12.4. The third-order valence-electron chi connectivity index (χ3n) is 3.43. The van der Waals surface area contributed by atoms with Crippen LogP contribution in [0, 0.1) is 0 Å². The second kappa shape index (κ2) is 6.23. The number of carbonyl (C=O) groups is 1. The Labute approximate surface area is 132 Å². The van der Waals surface area contributed by atoms with Crippen LogP contribution in [0.5, 0.6) is 0 Å². The summed E-state index contributed by atoms with van der Waals surface area (Å²) in [6.07, 6.45) is 0. The monoisotopic (exact) mass is 312 g/mol. The first-order chi connectivity index (χ1) is 10.6. The first-order valence-electron chi connectivity index (χ1n) is 7.04. The summed E-state index contributed by atoms with van der Waals surface area (Å²) in [7, 11) is 0. The summed E-state index contributed by atoms with van der Waals surface area (Å²) in [5, 5.41) is 9.34. The SMILES string of the molecule is C[C@H](Sc1nc2ccccc2n1Cc1ccccc1)C(=O)O. The molecule has 2 aromatic carbocycles. The Balaban J connectivity index is 2.03. The minimum absolute atomic E-state index is 0.536. The number of benzene rings is 2. The van der Waals surface area contributed by atoms with Crippen molar-refractivity contribution < 1.29 is 9.90 Å². The lowest BCUT2D eigenvalue weighted by Gasteiger charge is -2.10. The number of fused-ring (bicyclic) bond motifs is 1. The Morgan fingerprint density at radius 1 is 1.18 bits per heavy atom. The molecule has 0 saturated carbocycles. The average Bonchev–Trinajstić information content (AvgIpc) is 2.86. The van der Waals surface area contributed by atoms with Crippen molar-refractivity contribution in [1.29, 1.82) is 0 Å². The van der Waals surface area contributed by atoms with Crippen molar-refractivity contribution in [2.75, 3.05) is 0 Å². The third kappa shape index (κ3) is 2.99. The molecule has 22 heavy (non-hydrogen) atoms. The van der Waals surface area contributed by atoms with E-state index in [1.807, 2.05) is 42.5 Å². The van der Waals surface area contributed by atoms with Crippen molar-refractivity contribution in [3.05, 3.63) is 60.2 Å². The number of thioether (sulfide) groups is 1. The van der Waals surface area contributed by atoms with Gasteiger partial charge in [-0.2, -0.15) is 0 Å². The Hall–Kier alpha value is -2.27. The van der Waals surface area contributed by atoms with Gasteiger partial charge in [-0.3, -0.25) is 4.79 Å². The number of aliphatic carboxylic acids is 1. The fraction of sp³-hybridized carbons (Fsp3) is 0.176. The molecule has 5 heteroatoms. The molecule has 0 aliphatic rings. The van der Waals surface area contributed by atoms with Crippen LogP contribution in [0.1, 0.15) is 12.5 Å². The lowest BCUT2D eigenvalue weighted by Crippen LogP contribution is -2.13. The van der Waals surface area contributed by atoms with Gasteiger partial charge in [0, 0.05) is 0 Å². The van der Waals surface area contributed by atoms with Gasteiger partial charge in [0.2, 0.25) is 0 Å². The van der Waals surface area contributed by atoms with E-state index in [0.29, 0.717) is 6.54 Å². The topological polar surface area (TPSA) is 55.1 Å². The number of hydrogen-bond donors (Lipinski definition) is 1. The van der Waals surface area contributed by atoms with E-state index < -0.39 is 11.2 Å². The molecule has 0 fully saturated rings. The van der Waals surface area contributed by atoms with Gasteiger partial charge < -0.3 is 9.67 Å². The number of rotatable bonds is 5. The van der Waals surface area contributed by atoms with E-state index in [1.165, 1.54) is 11.8 Å². The van der Waals surface area contributed by atoms with Gasteiger partial charge in [-0.25, -0.2) is 4.98 Å². The fourth-order valence-corrected chi connectivity index (χ4v) is 3.13. The summed E-state index contributed by atoms with van der Waals surface area (Å²) in [5.41, 5.74) is 3.07. The number of para-hydroxylation sites is 2. The minimum atomic E-state index is -0.830. The van der Waals surface area contributed by atoms with Gasteiger partial charge in [0.15, 0.2) is 5.16 Å². The summed E-state index contributed by atoms with van der Waals surface area (Å²) >= 11 is 1.28. The van der Waals surface area contributed by atoms with Crippen LogP contribution < -0.4 is 0 Å². The van der Waals surface area contributed by atoms with Crippen LogP contribution in [0.25, 0.3) is 11.0 Å². The van der Waals surface area contributed by atoms with Gasteiger partial charge in [-0.15, -0.1) is 0 Å². The lowest BCUT2D eigenvalue weighted by molar-refractivity contribution is -0.136. The highest BCUT2D eigenvalue weighted by Crippen LogP contribution is 2.28. The standard InChI is InChI=1S/C17H16N2O2S/c1-12(16(20)21)22-17-18-14-9-5-6-10-15(14)19(17)11-13-7-3-2-4-8-13/h2-10,12H,11H2,1H3,(H,20,21)/t12-/m0/s1. The van der Waals surface area contributed by atoms with Gasteiger partial charge in [0.25, 0.3) is 0 Å². The lowest BCUT2D eigenvalue weighted by atomic mass is 10.2. The van der Waals surface area contributed by atoms with Crippen molar-refractivity contribution in [3.63, 3.8) is 0 Å². The van der Waals surface area contributed by atoms with E-state index in [2.05, 4.69) is 21.7 Å². The highest BCUT2D eigenvalue weighted by atomic mass is 32.2. The number of hydrogen-bond acceptors (Lipinski definition) is 3. The molecule has 112 valence electrons. The van der Waals surface area contributed by atoms with Gasteiger partial charge in [0.1, 0.15) is 5.25 Å². The predicted molar refractivity (Wildman–Crippen MR) is 88.2 cm³/mol. The van der Waals surface area contributed by atoms with E-state index >= 15 is 0 Å². The van der Waals surface area contributed by atoms with Crippen LogP contribution in [0.4, 0.5) is 0 Å². The fourth-order valence-electron chi connectivity index (χ4n) is 2.27. The maximum atomic E-state index is 11.1. The Bertz CT molecular complexity index is 799. The molecule has 0 aliphatic carbocycles. The van der Waals surface area contributed by atoms with E-state index in [-0.39, 0.29) is 0 Å². The maximum Gasteiger partial charge on any atom is 0.316 e. The number of imidazole rings is 1. The molecule has 3 aromatic rings. The predicted octanol–water partition coefficient (Wildman–Crippen LogP) is 3.65. The van der Waals surface area contributed by atoms with Crippen LogP contribution in [-0.2, 0) is 11.3 Å². The molecule has 0 amide bonds. The molecule has 1 atom stereocenters. The summed E-state index contributed by atoms with van der Waals surface area (Å²) in [5.74, 6) is -0.830.